The Bertz CT molecular complexity index is 1320. The van der Waals surface area contributed by atoms with E-state index in [1.54, 1.807) is 73.3 Å². The number of amides is 4. The van der Waals surface area contributed by atoms with Crippen LogP contribution in [0.3, 0.4) is 0 Å². The maximum Gasteiger partial charge on any atom is 0.321 e. The van der Waals surface area contributed by atoms with Gasteiger partial charge in [-0.3, -0.25) is 9.59 Å². The number of fused-ring (bicyclic) bond motifs is 1. The summed E-state index contributed by atoms with van der Waals surface area (Å²) in [6.07, 6.45) is 2.93. The number of nitrogens with one attached hydrogen (secondary N) is 2. The molecule has 12 heteroatoms. The minimum atomic E-state index is -0.515. The van der Waals surface area contributed by atoms with Crippen molar-refractivity contribution in [2.24, 2.45) is 5.92 Å². The van der Waals surface area contributed by atoms with Crippen molar-refractivity contribution in [1.82, 2.24) is 14.7 Å². The summed E-state index contributed by atoms with van der Waals surface area (Å²) < 4.78 is 17.9. The number of aliphatic hydroxyl groups is 1. The molecule has 0 aliphatic carbocycles. The Kier molecular flexibility index (Phi) is 15.4. The van der Waals surface area contributed by atoms with Gasteiger partial charge in [-0.1, -0.05) is 6.92 Å². The molecule has 0 fully saturated rings. The normalized spacial score (nSPS) is 19.8. The summed E-state index contributed by atoms with van der Waals surface area (Å²) in [6.45, 7) is 7.33. The van der Waals surface area contributed by atoms with Crippen molar-refractivity contribution in [1.29, 1.82) is 0 Å². The van der Waals surface area contributed by atoms with E-state index in [-0.39, 0.29) is 49.1 Å². The third kappa shape index (κ3) is 12.0. The van der Waals surface area contributed by atoms with E-state index in [9.17, 15) is 19.5 Å². The fourth-order valence-electron chi connectivity index (χ4n) is 5.49. The first-order valence-corrected chi connectivity index (χ1v) is 16.9. The second-order valence-electron chi connectivity index (χ2n) is 13.0. The van der Waals surface area contributed by atoms with Crippen molar-refractivity contribution >= 4 is 29.2 Å². The second-order valence-corrected chi connectivity index (χ2v) is 13.0. The molecule has 0 aromatic heterocycles. The highest BCUT2D eigenvalue weighted by atomic mass is 16.5. The molecule has 2 aromatic carbocycles. The number of likely N-dealkylation sites (N-methyl/N-ethyl adjacent to an activating group) is 1. The maximum absolute atomic E-state index is 14.3. The van der Waals surface area contributed by atoms with E-state index >= 15 is 0 Å². The quantitative estimate of drug-likeness (QED) is 0.307. The zero-order valence-electron chi connectivity index (χ0n) is 29.7. The van der Waals surface area contributed by atoms with Crippen LogP contribution in [0.25, 0.3) is 0 Å². The molecule has 0 unspecified atom stereocenters. The van der Waals surface area contributed by atoms with E-state index in [2.05, 4.69) is 10.6 Å². The first-order valence-electron chi connectivity index (χ1n) is 16.9. The van der Waals surface area contributed by atoms with Gasteiger partial charge in [-0.25, -0.2) is 4.79 Å². The smallest absolute Gasteiger partial charge is 0.321 e. The molecule has 48 heavy (non-hydrogen) atoms. The topological polar surface area (TPSA) is 133 Å². The van der Waals surface area contributed by atoms with Gasteiger partial charge in [0.05, 0.1) is 37.5 Å². The van der Waals surface area contributed by atoms with Crippen molar-refractivity contribution in [3.8, 4) is 11.5 Å². The van der Waals surface area contributed by atoms with Crippen LogP contribution >= 0.6 is 0 Å². The van der Waals surface area contributed by atoms with Crippen molar-refractivity contribution in [2.75, 3.05) is 71.7 Å². The highest BCUT2D eigenvalue weighted by Gasteiger charge is 2.31. The first kappa shape index (κ1) is 38.6. The number of aliphatic hydroxyl groups excluding tert-OH is 1. The summed E-state index contributed by atoms with van der Waals surface area (Å²) in [5, 5.41) is 16.1. The molecule has 1 aliphatic heterocycles. The molecule has 3 rings (SSSR count). The van der Waals surface area contributed by atoms with Crippen molar-refractivity contribution < 1.29 is 33.7 Å². The summed E-state index contributed by atoms with van der Waals surface area (Å²) in [7, 11) is 7.23. The molecule has 0 saturated heterocycles. The molecule has 1 heterocycles. The lowest BCUT2D eigenvalue weighted by Gasteiger charge is -2.35. The minimum Gasteiger partial charge on any atom is -0.497 e. The Morgan fingerprint density at radius 3 is 2.44 bits per heavy atom. The van der Waals surface area contributed by atoms with E-state index in [1.807, 2.05) is 32.8 Å². The number of nitrogens with zero attached hydrogens (tertiary/aromatic N) is 3. The Labute approximate surface area is 285 Å². The molecule has 2 aromatic rings. The summed E-state index contributed by atoms with van der Waals surface area (Å²) in [6, 6.07) is 11.4. The van der Waals surface area contributed by atoms with Gasteiger partial charge in [0.2, 0.25) is 5.91 Å². The van der Waals surface area contributed by atoms with Gasteiger partial charge >= 0.3 is 6.03 Å². The van der Waals surface area contributed by atoms with E-state index in [0.29, 0.717) is 54.4 Å². The van der Waals surface area contributed by atoms with Crippen LogP contribution in [0.15, 0.2) is 42.5 Å². The van der Waals surface area contributed by atoms with Crippen LogP contribution in [0.4, 0.5) is 16.2 Å². The van der Waals surface area contributed by atoms with E-state index in [1.165, 1.54) is 0 Å². The molecule has 3 N–H and O–H groups in total. The van der Waals surface area contributed by atoms with Gasteiger partial charge in [0.1, 0.15) is 11.5 Å². The Morgan fingerprint density at radius 1 is 1.06 bits per heavy atom. The number of methoxy groups -OCH3 is 1. The van der Waals surface area contributed by atoms with Crippen LogP contribution in [-0.2, 0) is 9.53 Å². The van der Waals surface area contributed by atoms with E-state index in [0.717, 1.165) is 25.8 Å². The predicted octanol–water partition coefficient (Wildman–Crippen LogP) is 4.93. The van der Waals surface area contributed by atoms with E-state index in [4.69, 9.17) is 14.2 Å². The zero-order chi connectivity index (χ0) is 35.2. The lowest BCUT2D eigenvalue weighted by Crippen LogP contribution is -2.48. The molecule has 1 aliphatic rings. The molecule has 266 valence electrons. The fraction of sp³-hybridized carbons (Fsp3) is 0.583. The molecule has 0 saturated carbocycles. The van der Waals surface area contributed by atoms with Crippen LogP contribution < -0.4 is 20.1 Å². The number of benzene rings is 2. The molecule has 0 spiro atoms. The summed E-state index contributed by atoms with van der Waals surface area (Å²) >= 11 is 0. The van der Waals surface area contributed by atoms with Gasteiger partial charge in [0.15, 0.2) is 0 Å². The zero-order valence-corrected chi connectivity index (χ0v) is 29.7. The lowest BCUT2D eigenvalue weighted by molar-refractivity contribution is -0.116. The van der Waals surface area contributed by atoms with Gasteiger partial charge < -0.3 is 44.7 Å². The van der Waals surface area contributed by atoms with Gasteiger partial charge in [-0.2, -0.15) is 0 Å². The summed E-state index contributed by atoms with van der Waals surface area (Å²) in [4.78, 5) is 45.4. The van der Waals surface area contributed by atoms with Crippen LogP contribution in [0.2, 0.25) is 0 Å². The second kappa shape index (κ2) is 19.2. The van der Waals surface area contributed by atoms with Crippen LogP contribution in [0, 0.1) is 5.92 Å². The highest BCUT2D eigenvalue weighted by molar-refractivity contribution is 5.99. The maximum atomic E-state index is 14.3. The Morgan fingerprint density at radius 2 is 1.77 bits per heavy atom. The average Bonchev–Trinajstić information content (AvgIpc) is 3.06. The largest absolute Gasteiger partial charge is 0.497 e. The van der Waals surface area contributed by atoms with Gasteiger partial charge in [-0.05, 0) is 103 Å². The molecular formula is C36H55N5O7. The van der Waals surface area contributed by atoms with Gasteiger partial charge in [-0.15, -0.1) is 0 Å². The number of ether oxygens (including phenoxy) is 3. The molecular weight excluding hydrogens is 614 g/mol. The molecule has 0 bridgehead atoms. The number of hydrogen-bond acceptors (Lipinski definition) is 8. The van der Waals surface area contributed by atoms with Crippen LogP contribution in [0.1, 0.15) is 63.2 Å². The minimum absolute atomic E-state index is 0.131. The number of carbonyl (C=O) groups is 3. The van der Waals surface area contributed by atoms with Crippen molar-refractivity contribution in [2.45, 2.75) is 71.1 Å². The molecule has 4 atom stereocenters. The monoisotopic (exact) mass is 669 g/mol. The van der Waals surface area contributed by atoms with Gasteiger partial charge in [0.25, 0.3) is 5.91 Å². The Hall–Kier alpha value is -3.87. The van der Waals surface area contributed by atoms with Crippen LogP contribution in [-0.4, -0.2) is 117 Å². The van der Waals surface area contributed by atoms with Crippen molar-refractivity contribution in [3.63, 3.8) is 0 Å². The summed E-state index contributed by atoms with van der Waals surface area (Å²) in [5.41, 5.74) is 1.45. The number of anilines is 2. The average molecular weight is 670 g/mol. The number of carbonyl (C=O) groups excluding carboxylic acids is 3. The molecule has 0 radical (unpaired) electrons. The standard InChI is InChI=1S/C36H55N5O7/c1-25-22-41(26(2)24-42)35(44)31-21-29(37-34(43)12-10-19-39(4)5)15-18-32(31)48-27(3)11-8-9-20-47-33(25)23-40(6)36(45)38-28-13-16-30(46-7)17-14-28/h13-18,21,25-27,33,42H,8-12,19-20,22-24H2,1-7H3,(H,37,43)(H,38,45)/t25-,26+,27+,33-/m1/s1. The van der Waals surface area contributed by atoms with Gasteiger partial charge in [0, 0.05) is 50.5 Å². The lowest BCUT2D eigenvalue weighted by atomic mass is 10.0. The fourth-order valence-corrected chi connectivity index (χ4v) is 5.49. The van der Waals surface area contributed by atoms with E-state index < -0.39 is 6.04 Å². The molecule has 12 nitrogen and oxygen atoms in total. The third-order valence-electron chi connectivity index (χ3n) is 8.49. The number of rotatable bonds is 11. The molecule has 4 amide bonds. The Balaban J connectivity index is 1.85. The van der Waals surface area contributed by atoms with Crippen molar-refractivity contribution in [3.05, 3.63) is 48.0 Å². The highest BCUT2D eigenvalue weighted by Crippen LogP contribution is 2.29. The first-order chi connectivity index (χ1) is 22.9. The third-order valence-corrected chi connectivity index (χ3v) is 8.49. The predicted molar refractivity (Wildman–Crippen MR) is 188 cm³/mol. The number of hydrogen-bond donors (Lipinski definition) is 3. The SMILES string of the molecule is COc1ccc(NC(=O)N(C)C[C@H]2OCCCC[C@H](C)Oc3ccc(NC(=O)CCCN(C)C)cc3C(=O)N([C@@H](C)CO)C[C@H]2C)cc1. The number of urea groups is 1. The van der Waals surface area contributed by atoms with Crippen LogP contribution in [0.5, 0.6) is 11.5 Å². The summed E-state index contributed by atoms with van der Waals surface area (Å²) in [5.74, 6) is 0.467.